The van der Waals surface area contributed by atoms with Crippen molar-refractivity contribution in [1.82, 2.24) is 4.98 Å². The standard InChI is InChI=1S/C15H23NO2/c1-2-18-15(8-4-3-5-9-15)14(17)12-13-6-10-16-11-7-13/h6-7,10-11,14,17H,2-5,8-9,12H2,1H3. The van der Waals surface area contributed by atoms with Crippen molar-refractivity contribution >= 4 is 0 Å². The van der Waals surface area contributed by atoms with Gasteiger partial charge in [0.15, 0.2) is 0 Å². The van der Waals surface area contributed by atoms with Crippen LogP contribution < -0.4 is 0 Å². The van der Waals surface area contributed by atoms with Crippen LogP contribution in [-0.2, 0) is 11.2 Å². The number of rotatable bonds is 5. The van der Waals surface area contributed by atoms with E-state index in [2.05, 4.69) is 4.98 Å². The molecule has 100 valence electrons. The highest BCUT2D eigenvalue weighted by Crippen LogP contribution is 2.35. The Morgan fingerprint density at radius 2 is 1.94 bits per heavy atom. The number of ether oxygens (including phenoxy) is 1. The van der Waals surface area contributed by atoms with Gasteiger partial charge in [-0.2, -0.15) is 0 Å². The minimum atomic E-state index is -0.417. The summed E-state index contributed by atoms with van der Waals surface area (Å²) in [5, 5.41) is 10.6. The van der Waals surface area contributed by atoms with Crippen LogP contribution in [0.5, 0.6) is 0 Å². The Morgan fingerprint density at radius 3 is 2.56 bits per heavy atom. The molecule has 3 heteroatoms. The second kappa shape index (κ2) is 6.30. The van der Waals surface area contributed by atoms with Crippen molar-refractivity contribution in [3.05, 3.63) is 30.1 Å². The quantitative estimate of drug-likeness (QED) is 0.872. The smallest absolute Gasteiger partial charge is 0.0943 e. The summed E-state index contributed by atoms with van der Waals surface area (Å²) in [7, 11) is 0. The zero-order valence-electron chi connectivity index (χ0n) is 11.1. The molecule has 1 fully saturated rings. The molecule has 1 aliphatic carbocycles. The molecular formula is C15H23NO2. The average Bonchev–Trinajstić information content (AvgIpc) is 2.41. The first-order chi connectivity index (χ1) is 8.77. The maximum Gasteiger partial charge on any atom is 0.0943 e. The summed E-state index contributed by atoms with van der Waals surface area (Å²) in [5.41, 5.74) is 0.804. The summed E-state index contributed by atoms with van der Waals surface area (Å²) >= 11 is 0. The van der Waals surface area contributed by atoms with Crippen LogP contribution in [0.3, 0.4) is 0 Å². The van der Waals surface area contributed by atoms with E-state index in [9.17, 15) is 5.11 Å². The van der Waals surface area contributed by atoms with Gasteiger partial charge < -0.3 is 9.84 Å². The van der Waals surface area contributed by atoms with Gasteiger partial charge in [0.1, 0.15) is 0 Å². The lowest BCUT2D eigenvalue weighted by Gasteiger charge is -2.41. The first-order valence-corrected chi connectivity index (χ1v) is 6.98. The van der Waals surface area contributed by atoms with Crippen LogP contribution in [0.2, 0.25) is 0 Å². The van der Waals surface area contributed by atoms with E-state index >= 15 is 0 Å². The fraction of sp³-hybridized carbons (Fsp3) is 0.667. The molecule has 1 unspecified atom stereocenters. The van der Waals surface area contributed by atoms with Crippen molar-refractivity contribution in [1.29, 1.82) is 0 Å². The molecule has 0 aromatic carbocycles. The Bertz CT molecular complexity index is 341. The molecule has 1 saturated carbocycles. The van der Waals surface area contributed by atoms with Crippen molar-refractivity contribution in [3.8, 4) is 0 Å². The van der Waals surface area contributed by atoms with Crippen LogP contribution in [0.1, 0.15) is 44.6 Å². The highest BCUT2D eigenvalue weighted by Gasteiger charge is 2.39. The van der Waals surface area contributed by atoms with E-state index in [1.165, 1.54) is 6.42 Å². The molecule has 0 amide bonds. The van der Waals surface area contributed by atoms with Crippen LogP contribution >= 0.6 is 0 Å². The van der Waals surface area contributed by atoms with E-state index in [1.807, 2.05) is 19.1 Å². The molecule has 1 atom stereocenters. The summed E-state index contributed by atoms with van der Waals surface area (Å²) in [6.07, 6.45) is 9.33. The first kappa shape index (κ1) is 13.5. The largest absolute Gasteiger partial charge is 0.390 e. The summed E-state index contributed by atoms with van der Waals surface area (Å²) in [6, 6.07) is 3.93. The number of aliphatic hydroxyl groups excluding tert-OH is 1. The van der Waals surface area contributed by atoms with Crippen LogP contribution in [-0.4, -0.2) is 28.4 Å². The van der Waals surface area contributed by atoms with Gasteiger partial charge in [-0.05, 0) is 37.5 Å². The molecule has 18 heavy (non-hydrogen) atoms. The van der Waals surface area contributed by atoms with Gasteiger partial charge in [0.2, 0.25) is 0 Å². The SMILES string of the molecule is CCOC1(C(O)Cc2ccncc2)CCCCC1. The number of pyridine rings is 1. The zero-order valence-corrected chi connectivity index (χ0v) is 11.1. The van der Waals surface area contributed by atoms with E-state index in [1.54, 1.807) is 12.4 Å². The van der Waals surface area contributed by atoms with E-state index < -0.39 is 6.10 Å². The van der Waals surface area contributed by atoms with Crippen molar-refractivity contribution < 1.29 is 9.84 Å². The van der Waals surface area contributed by atoms with Gasteiger partial charge >= 0.3 is 0 Å². The van der Waals surface area contributed by atoms with Gasteiger partial charge in [-0.15, -0.1) is 0 Å². The van der Waals surface area contributed by atoms with E-state index in [-0.39, 0.29) is 5.60 Å². The molecular weight excluding hydrogens is 226 g/mol. The van der Waals surface area contributed by atoms with E-state index in [0.29, 0.717) is 13.0 Å². The normalized spacial score (nSPS) is 20.6. The lowest BCUT2D eigenvalue weighted by molar-refractivity contribution is -0.138. The molecule has 0 bridgehead atoms. The molecule has 2 rings (SSSR count). The van der Waals surface area contributed by atoms with Gasteiger partial charge in [0.05, 0.1) is 11.7 Å². The minimum absolute atomic E-state index is 0.323. The number of nitrogens with zero attached hydrogens (tertiary/aromatic N) is 1. The summed E-state index contributed by atoms with van der Waals surface area (Å²) < 4.78 is 5.94. The predicted molar refractivity (Wildman–Crippen MR) is 71.4 cm³/mol. The molecule has 1 N–H and O–H groups in total. The average molecular weight is 249 g/mol. The molecule has 1 aromatic rings. The van der Waals surface area contributed by atoms with Crippen molar-refractivity contribution in [2.75, 3.05) is 6.61 Å². The maximum atomic E-state index is 10.6. The Morgan fingerprint density at radius 1 is 1.28 bits per heavy atom. The van der Waals surface area contributed by atoms with E-state index in [0.717, 1.165) is 31.2 Å². The fourth-order valence-electron chi connectivity index (χ4n) is 2.94. The number of aromatic nitrogens is 1. The topological polar surface area (TPSA) is 42.4 Å². The monoisotopic (exact) mass is 249 g/mol. The molecule has 0 aliphatic heterocycles. The van der Waals surface area contributed by atoms with Gasteiger partial charge in [0, 0.05) is 25.4 Å². The summed E-state index contributed by atoms with van der Waals surface area (Å²) in [5.74, 6) is 0. The molecule has 1 aromatic heterocycles. The Hall–Kier alpha value is -0.930. The third-order valence-corrected chi connectivity index (χ3v) is 3.92. The maximum absolute atomic E-state index is 10.6. The number of hydrogen-bond donors (Lipinski definition) is 1. The van der Waals surface area contributed by atoms with Crippen LogP contribution in [0.4, 0.5) is 0 Å². The molecule has 1 aliphatic rings. The second-order valence-corrected chi connectivity index (χ2v) is 5.13. The predicted octanol–water partition coefficient (Wildman–Crippen LogP) is 2.72. The van der Waals surface area contributed by atoms with Crippen LogP contribution in [0.25, 0.3) is 0 Å². The molecule has 3 nitrogen and oxygen atoms in total. The third-order valence-electron chi connectivity index (χ3n) is 3.92. The third kappa shape index (κ3) is 3.09. The first-order valence-electron chi connectivity index (χ1n) is 6.98. The van der Waals surface area contributed by atoms with Crippen molar-refractivity contribution in [2.45, 2.75) is 57.2 Å². The summed E-state index contributed by atoms with van der Waals surface area (Å²) in [6.45, 7) is 2.68. The summed E-state index contributed by atoms with van der Waals surface area (Å²) in [4.78, 5) is 4.01. The Balaban J connectivity index is 2.05. The molecule has 1 heterocycles. The molecule has 0 spiro atoms. The highest BCUT2D eigenvalue weighted by atomic mass is 16.5. The second-order valence-electron chi connectivity index (χ2n) is 5.13. The fourth-order valence-corrected chi connectivity index (χ4v) is 2.94. The lowest BCUT2D eigenvalue weighted by atomic mass is 9.78. The number of aliphatic hydroxyl groups is 1. The number of hydrogen-bond acceptors (Lipinski definition) is 3. The molecule has 0 saturated heterocycles. The Kier molecular flexibility index (Phi) is 4.72. The molecule has 0 radical (unpaired) electrons. The zero-order chi connectivity index (χ0) is 12.8. The van der Waals surface area contributed by atoms with Crippen LogP contribution in [0.15, 0.2) is 24.5 Å². The lowest BCUT2D eigenvalue weighted by Crippen LogP contribution is -2.47. The van der Waals surface area contributed by atoms with Gasteiger partial charge in [-0.1, -0.05) is 19.3 Å². The van der Waals surface area contributed by atoms with Crippen molar-refractivity contribution in [2.24, 2.45) is 0 Å². The van der Waals surface area contributed by atoms with Gasteiger partial charge in [-0.25, -0.2) is 0 Å². The Labute approximate surface area is 109 Å². The van der Waals surface area contributed by atoms with Crippen molar-refractivity contribution in [3.63, 3.8) is 0 Å². The van der Waals surface area contributed by atoms with E-state index in [4.69, 9.17) is 4.74 Å². The highest BCUT2D eigenvalue weighted by molar-refractivity contribution is 5.12. The van der Waals surface area contributed by atoms with Crippen LogP contribution in [0, 0.1) is 0 Å². The van der Waals surface area contributed by atoms with Gasteiger partial charge in [0.25, 0.3) is 0 Å². The minimum Gasteiger partial charge on any atom is -0.390 e. The van der Waals surface area contributed by atoms with Gasteiger partial charge in [-0.3, -0.25) is 4.98 Å².